The van der Waals surface area contributed by atoms with Crippen molar-refractivity contribution < 1.29 is 24.0 Å². The van der Waals surface area contributed by atoms with Gasteiger partial charge in [-0.3, -0.25) is 14.9 Å². The van der Waals surface area contributed by atoms with Gasteiger partial charge < -0.3 is 20.7 Å². The molecule has 3 amide bonds. The number of amides is 3. The molecule has 1 aliphatic heterocycles. The zero-order chi connectivity index (χ0) is 21.8. The number of carbonyl (C=O) groups is 3. The third kappa shape index (κ3) is 4.27. The van der Waals surface area contributed by atoms with Crippen LogP contribution in [0.1, 0.15) is 22.0 Å². The van der Waals surface area contributed by atoms with Crippen LogP contribution in [0.25, 0.3) is 0 Å². The molecule has 0 aliphatic carbocycles. The molecule has 2 aromatic rings. The molecule has 2 aromatic carbocycles. The number of ether oxygens (including phenoxy) is 1. The van der Waals surface area contributed by atoms with E-state index in [-0.39, 0.29) is 17.1 Å². The van der Waals surface area contributed by atoms with Crippen LogP contribution < -0.4 is 16.0 Å². The van der Waals surface area contributed by atoms with Crippen molar-refractivity contribution in [2.45, 2.75) is 6.04 Å². The number of non-ortho nitro benzene ring substituents is 1. The smallest absolute Gasteiger partial charge is 0.337 e. The van der Waals surface area contributed by atoms with Crippen molar-refractivity contribution in [3.05, 3.63) is 82.0 Å². The molecular weight excluding hydrogens is 392 g/mol. The highest BCUT2D eigenvalue weighted by atomic mass is 16.6. The minimum Gasteiger partial charge on any atom is -0.465 e. The Morgan fingerprint density at radius 1 is 1.20 bits per heavy atom. The van der Waals surface area contributed by atoms with Gasteiger partial charge in [-0.05, 0) is 23.8 Å². The number of hydrogen-bond donors (Lipinski definition) is 3. The number of nitrogens with zero attached hydrogens (tertiary/aromatic N) is 1. The van der Waals surface area contributed by atoms with Gasteiger partial charge in [0.25, 0.3) is 5.69 Å². The number of nitrogens with one attached hydrogen (secondary N) is 3. The van der Waals surface area contributed by atoms with Gasteiger partial charge in [-0.25, -0.2) is 9.59 Å². The highest BCUT2D eigenvalue weighted by Crippen LogP contribution is 2.31. The summed E-state index contributed by atoms with van der Waals surface area (Å²) in [5.41, 5.74) is 1.12. The monoisotopic (exact) mass is 410 g/mol. The summed E-state index contributed by atoms with van der Waals surface area (Å²) >= 11 is 0. The van der Waals surface area contributed by atoms with E-state index < -0.39 is 34.8 Å². The van der Waals surface area contributed by atoms with Gasteiger partial charge in [-0.2, -0.15) is 0 Å². The molecule has 0 saturated carbocycles. The molecule has 2 atom stereocenters. The fourth-order valence-corrected chi connectivity index (χ4v) is 3.13. The van der Waals surface area contributed by atoms with E-state index in [2.05, 4.69) is 27.3 Å². The second-order valence-corrected chi connectivity index (χ2v) is 6.49. The third-order valence-electron chi connectivity index (χ3n) is 4.57. The number of nitro groups is 1. The standard InChI is InChI=1S/C20H18N4O6/c1-11-16(18(25)22-14-4-3-5-15(10-14)24(28)29)17(23-20(27)21-11)12-6-8-13(9-7-12)19(26)30-2/h3-10,16-17H,1H2,2H3,(H,22,25)(H2,21,23,27)/t16-,17+/m1/s1. The van der Waals surface area contributed by atoms with Crippen LogP contribution in [-0.2, 0) is 9.53 Å². The molecule has 154 valence electrons. The van der Waals surface area contributed by atoms with E-state index in [0.29, 0.717) is 11.1 Å². The first-order valence-corrected chi connectivity index (χ1v) is 8.80. The molecule has 0 bridgehead atoms. The predicted molar refractivity (Wildman–Crippen MR) is 107 cm³/mol. The highest BCUT2D eigenvalue weighted by molar-refractivity contribution is 5.97. The van der Waals surface area contributed by atoms with Crippen LogP contribution in [0.15, 0.2) is 60.8 Å². The Morgan fingerprint density at radius 2 is 1.90 bits per heavy atom. The van der Waals surface area contributed by atoms with Crippen molar-refractivity contribution in [1.82, 2.24) is 10.6 Å². The fourth-order valence-electron chi connectivity index (χ4n) is 3.13. The zero-order valence-corrected chi connectivity index (χ0v) is 15.9. The zero-order valence-electron chi connectivity index (χ0n) is 15.9. The van der Waals surface area contributed by atoms with Gasteiger partial charge in [0.1, 0.15) is 5.92 Å². The van der Waals surface area contributed by atoms with Crippen molar-refractivity contribution in [3.8, 4) is 0 Å². The van der Waals surface area contributed by atoms with Crippen molar-refractivity contribution in [1.29, 1.82) is 0 Å². The Hall–Kier alpha value is -4.21. The summed E-state index contributed by atoms with van der Waals surface area (Å²) in [5, 5.41) is 18.7. The number of urea groups is 1. The minimum absolute atomic E-state index is 0.170. The number of methoxy groups -OCH3 is 1. The van der Waals surface area contributed by atoms with Crippen LogP contribution in [0, 0.1) is 16.0 Å². The Balaban J connectivity index is 1.88. The molecule has 3 N–H and O–H groups in total. The van der Waals surface area contributed by atoms with E-state index in [0.717, 1.165) is 0 Å². The number of anilines is 1. The van der Waals surface area contributed by atoms with Crippen LogP contribution >= 0.6 is 0 Å². The first kappa shape index (κ1) is 20.5. The van der Waals surface area contributed by atoms with Crippen LogP contribution in [0.5, 0.6) is 0 Å². The molecule has 1 aliphatic rings. The first-order valence-electron chi connectivity index (χ1n) is 8.80. The largest absolute Gasteiger partial charge is 0.465 e. The summed E-state index contributed by atoms with van der Waals surface area (Å²) in [7, 11) is 1.27. The van der Waals surface area contributed by atoms with E-state index in [1.165, 1.54) is 43.5 Å². The molecule has 1 heterocycles. The lowest BCUT2D eigenvalue weighted by Gasteiger charge is -2.34. The first-order chi connectivity index (χ1) is 14.3. The van der Waals surface area contributed by atoms with Crippen molar-refractivity contribution in [2.75, 3.05) is 12.4 Å². The topological polar surface area (TPSA) is 140 Å². The lowest BCUT2D eigenvalue weighted by Crippen LogP contribution is -2.51. The second kappa shape index (κ2) is 8.43. The normalized spacial score (nSPS) is 18.0. The second-order valence-electron chi connectivity index (χ2n) is 6.49. The molecular formula is C20H18N4O6. The molecule has 0 aromatic heterocycles. The quantitative estimate of drug-likeness (QED) is 0.393. The lowest BCUT2D eigenvalue weighted by molar-refractivity contribution is -0.384. The summed E-state index contributed by atoms with van der Waals surface area (Å²) in [6.45, 7) is 3.77. The number of benzene rings is 2. The summed E-state index contributed by atoms with van der Waals surface area (Å²) in [4.78, 5) is 46.9. The third-order valence-corrected chi connectivity index (χ3v) is 4.57. The van der Waals surface area contributed by atoms with Crippen LogP contribution in [0.3, 0.4) is 0 Å². The van der Waals surface area contributed by atoms with Gasteiger partial charge in [0.2, 0.25) is 5.91 Å². The number of rotatable bonds is 5. The summed E-state index contributed by atoms with van der Waals surface area (Å²) in [6.07, 6.45) is 0. The molecule has 0 spiro atoms. The maximum atomic E-state index is 13.0. The van der Waals surface area contributed by atoms with Gasteiger partial charge in [0, 0.05) is 23.5 Å². The average molecular weight is 410 g/mol. The summed E-state index contributed by atoms with van der Waals surface area (Å²) in [6, 6.07) is 10.5. The minimum atomic E-state index is -0.911. The van der Waals surface area contributed by atoms with Gasteiger partial charge in [0.15, 0.2) is 0 Å². The van der Waals surface area contributed by atoms with Crippen molar-refractivity contribution in [3.63, 3.8) is 0 Å². The SMILES string of the molecule is C=C1NC(=O)N[C@@H](c2ccc(C(=O)OC)cc2)[C@@H]1C(=O)Nc1cccc([N+](=O)[O-])c1. The van der Waals surface area contributed by atoms with Crippen LogP contribution in [-0.4, -0.2) is 29.9 Å². The van der Waals surface area contributed by atoms with Gasteiger partial charge in [-0.15, -0.1) is 0 Å². The maximum absolute atomic E-state index is 13.0. The fraction of sp³-hybridized carbons (Fsp3) is 0.150. The molecule has 10 nitrogen and oxygen atoms in total. The Labute approximate surface area is 171 Å². The number of carbonyl (C=O) groups excluding carboxylic acids is 3. The summed E-state index contributed by atoms with van der Waals surface area (Å²) < 4.78 is 4.66. The Bertz CT molecular complexity index is 1030. The molecule has 1 saturated heterocycles. The maximum Gasteiger partial charge on any atom is 0.337 e. The summed E-state index contributed by atoms with van der Waals surface area (Å²) in [5.74, 6) is -1.94. The predicted octanol–water partition coefficient (Wildman–Crippen LogP) is 2.50. The Morgan fingerprint density at radius 3 is 2.53 bits per heavy atom. The van der Waals surface area contributed by atoms with Gasteiger partial charge in [0.05, 0.1) is 23.6 Å². The number of hydrogen-bond acceptors (Lipinski definition) is 6. The molecule has 10 heteroatoms. The van der Waals surface area contributed by atoms with Gasteiger partial charge in [-0.1, -0.05) is 24.8 Å². The Kier molecular flexibility index (Phi) is 5.77. The molecule has 30 heavy (non-hydrogen) atoms. The average Bonchev–Trinajstić information content (AvgIpc) is 2.72. The number of nitro benzene ring substituents is 1. The molecule has 1 fully saturated rings. The van der Waals surface area contributed by atoms with E-state index in [9.17, 15) is 24.5 Å². The van der Waals surface area contributed by atoms with E-state index >= 15 is 0 Å². The van der Waals surface area contributed by atoms with E-state index in [1.807, 2.05) is 0 Å². The van der Waals surface area contributed by atoms with Crippen molar-refractivity contribution >= 4 is 29.3 Å². The van der Waals surface area contributed by atoms with Crippen LogP contribution in [0.2, 0.25) is 0 Å². The number of esters is 1. The van der Waals surface area contributed by atoms with Crippen LogP contribution in [0.4, 0.5) is 16.2 Å². The lowest BCUT2D eigenvalue weighted by atomic mass is 9.88. The van der Waals surface area contributed by atoms with Crippen molar-refractivity contribution in [2.24, 2.45) is 5.92 Å². The molecule has 0 radical (unpaired) electrons. The molecule has 3 rings (SSSR count). The highest BCUT2D eigenvalue weighted by Gasteiger charge is 2.38. The van der Waals surface area contributed by atoms with E-state index in [1.54, 1.807) is 12.1 Å². The van der Waals surface area contributed by atoms with E-state index in [4.69, 9.17) is 0 Å². The van der Waals surface area contributed by atoms with Gasteiger partial charge >= 0.3 is 12.0 Å². The molecule has 0 unspecified atom stereocenters.